The molecule has 7 heteroatoms. The third-order valence-corrected chi connectivity index (χ3v) is 3.53. The summed E-state index contributed by atoms with van der Waals surface area (Å²) < 4.78 is 1.01. The highest BCUT2D eigenvalue weighted by molar-refractivity contribution is 6.02. The minimum Gasteiger partial charge on any atom is -0.342 e. The fraction of sp³-hybridized carbons (Fsp3) is 0.294. The van der Waals surface area contributed by atoms with Crippen molar-refractivity contribution < 1.29 is 9.59 Å². The first kappa shape index (κ1) is 17.4. The van der Waals surface area contributed by atoms with Crippen LogP contribution in [0.2, 0.25) is 0 Å². The molecule has 7 nitrogen and oxygen atoms in total. The standard InChI is InChI=1S/C17H20N4O3/c1-3-20(4-2)16(23)12-21-15(22)11-10-14(19-21)17(24)18-13-8-6-5-7-9-13/h5-11H,3-4,12H2,1-2H3,(H,18,24). The molecule has 0 saturated heterocycles. The number of nitrogens with zero attached hydrogens (tertiary/aromatic N) is 3. The SMILES string of the molecule is CCN(CC)C(=O)Cn1nc(C(=O)Nc2ccccc2)ccc1=O. The van der Waals surface area contributed by atoms with Crippen LogP contribution in [0.5, 0.6) is 0 Å². The first-order chi connectivity index (χ1) is 11.5. The lowest BCUT2D eigenvalue weighted by atomic mass is 10.3. The summed E-state index contributed by atoms with van der Waals surface area (Å²) in [7, 11) is 0. The minimum absolute atomic E-state index is 0.0748. The van der Waals surface area contributed by atoms with Crippen LogP contribution in [0, 0.1) is 0 Å². The van der Waals surface area contributed by atoms with Crippen LogP contribution in [0.1, 0.15) is 24.3 Å². The Bertz CT molecular complexity index is 767. The van der Waals surface area contributed by atoms with Gasteiger partial charge in [0.25, 0.3) is 11.5 Å². The second-order valence-corrected chi connectivity index (χ2v) is 5.10. The molecular weight excluding hydrogens is 308 g/mol. The smallest absolute Gasteiger partial charge is 0.276 e. The van der Waals surface area contributed by atoms with Crippen molar-refractivity contribution >= 4 is 17.5 Å². The second kappa shape index (κ2) is 8.05. The number of amides is 2. The van der Waals surface area contributed by atoms with E-state index in [1.165, 1.54) is 12.1 Å². The maximum Gasteiger partial charge on any atom is 0.276 e. The monoisotopic (exact) mass is 328 g/mol. The fourth-order valence-electron chi connectivity index (χ4n) is 2.20. The topological polar surface area (TPSA) is 84.3 Å². The summed E-state index contributed by atoms with van der Waals surface area (Å²) in [6.07, 6.45) is 0. The van der Waals surface area contributed by atoms with Crippen LogP contribution >= 0.6 is 0 Å². The van der Waals surface area contributed by atoms with Crippen molar-refractivity contribution in [3.05, 3.63) is 58.5 Å². The molecule has 0 aliphatic rings. The summed E-state index contributed by atoms with van der Waals surface area (Å²) in [5.74, 6) is -0.652. The molecule has 1 N–H and O–H groups in total. The maximum atomic E-state index is 12.2. The number of carbonyl (C=O) groups excluding carboxylic acids is 2. The van der Waals surface area contributed by atoms with Gasteiger partial charge in [-0.25, -0.2) is 4.68 Å². The first-order valence-corrected chi connectivity index (χ1v) is 7.77. The van der Waals surface area contributed by atoms with Crippen molar-refractivity contribution in [3.63, 3.8) is 0 Å². The maximum absolute atomic E-state index is 12.2. The van der Waals surface area contributed by atoms with Gasteiger partial charge in [-0.05, 0) is 32.0 Å². The Morgan fingerprint density at radius 1 is 1.08 bits per heavy atom. The number of hydrogen-bond acceptors (Lipinski definition) is 4. The highest BCUT2D eigenvalue weighted by atomic mass is 16.2. The normalized spacial score (nSPS) is 10.2. The third-order valence-electron chi connectivity index (χ3n) is 3.53. The summed E-state index contributed by atoms with van der Waals surface area (Å²) in [5.41, 5.74) is 0.277. The van der Waals surface area contributed by atoms with Crippen LogP contribution in [0.3, 0.4) is 0 Å². The number of carbonyl (C=O) groups is 2. The van der Waals surface area contributed by atoms with E-state index in [-0.39, 0.29) is 18.1 Å². The van der Waals surface area contributed by atoms with E-state index in [0.717, 1.165) is 4.68 Å². The van der Waals surface area contributed by atoms with Gasteiger partial charge in [0.15, 0.2) is 0 Å². The van der Waals surface area contributed by atoms with Gasteiger partial charge in [-0.2, -0.15) is 5.10 Å². The molecule has 0 aliphatic carbocycles. The highest BCUT2D eigenvalue weighted by Gasteiger charge is 2.14. The Morgan fingerprint density at radius 2 is 1.75 bits per heavy atom. The Balaban J connectivity index is 2.17. The number of anilines is 1. The quantitative estimate of drug-likeness (QED) is 0.868. The molecule has 0 aliphatic heterocycles. The summed E-state index contributed by atoms with van der Waals surface area (Å²) in [5, 5.41) is 6.70. The van der Waals surface area contributed by atoms with E-state index in [2.05, 4.69) is 10.4 Å². The first-order valence-electron chi connectivity index (χ1n) is 7.77. The number of aromatic nitrogens is 2. The molecular formula is C17H20N4O3. The molecule has 1 aromatic carbocycles. The van der Waals surface area contributed by atoms with Crippen molar-refractivity contribution in [2.75, 3.05) is 18.4 Å². The van der Waals surface area contributed by atoms with E-state index < -0.39 is 11.5 Å². The molecule has 1 heterocycles. The van der Waals surface area contributed by atoms with Crippen LogP contribution in [0.25, 0.3) is 0 Å². The molecule has 2 amide bonds. The molecule has 0 fully saturated rings. The molecule has 0 unspecified atom stereocenters. The van der Waals surface area contributed by atoms with Gasteiger partial charge in [0.2, 0.25) is 5.91 Å². The molecule has 0 atom stereocenters. The van der Waals surface area contributed by atoms with E-state index >= 15 is 0 Å². The number of hydrogen-bond donors (Lipinski definition) is 1. The predicted molar refractivity (Wildman–Crippen MR) is 90.8 cm³/mol. The van der Waals surface area contributed by atoms with Crippen molar-refractivity contribution in [1.29, 1.82) is 0 Å². The van der Waals surface area contributed by atoms with Crippen molar-refractivity contribution in [3.8, 4) is 0 Å². The third kappa shape index (κ3) is 4.28. The van der Waals surface area contributed by atoms with E-state index in [9.17, 15) is 14.4 Å². The van der Waals surface area contributed by atoms with Gasteiger partial charge in [-0.1, -0.05) is 18.2 Å². The van der Waals surface area contributed by atoms with Crippen LogP contribution < -0.4 is 10.9 Å². The van der Waals surface area contributed by atoms with Gasteiger partial charge in [-0.15, -0.1) is 0 Å². The Labute approximate surface area is 139 Å². The second-order valence-electron chi connectivity index (χ2n) is 5.10. The predicted octanol–water partition coefficient (Wildman–Crippen LogP) is 1.36. The number of nitrogens with one attached hydrogen (secondary N) is 1. The van der Waals surface area contributed by atoms with Crippen LogP contribution in [-0.4, -0.2) is 39.6 Å². The summed E-state index contributed by atoms with van der Waals surface area (Å²) in [4.78, 5) is 37.8. The van der Waals surface area contributed by atoms with Crippen LogP contribution in [-0.2, 0) is 11.3 Å². The van der Waals surface area contributed by atoms with Gasteiger partial charge < -0.3 is 10.2 Å². The van der Waals surface area contributed by atoms with Crippen LogP contribution in [0.4, 0.5) is 5.69 Å². The Hall–Kier alpha value is -2.96. The number of rotatable bonds is 6. The van der Waals surface area contributed by atoms with Crippen molar-refractivity contribution in [2.45, 2.75) is 20.4 Å². The van der Waals surface area contributed by atoms with Gasteiger partial charge in [0.1, 0.15) is 12.2 Å². The van der Waals surface area contributed by atoms with Gasteiger partial charge in [0, 0.05) is 24.8 Å². The molecule has 2 rings (SSSR count). The van der Waals surface area contributed by atoms with E-state index in [1.54, 1.807) is 29.2 Å². The molecule has 24 heavy (non-hydrogen) atoms. The zero-order valence-electron chi connectivity index (χ0n) is 13.7. The van der Waals surface area contributed by atoms with Crippen molar-refractivity contribution in [1.82, 2.24) is 14.7 Å². The number of likely N-dealkylation sites (N-methyl/N-ethyl adjacent to an activating group) is 1. The number of benzene rings is 1. The fourth-order valence-corrected chi connectivity index (χ4v) is 2.20. The molecule has 0 radical (unpaired) electrons. The zero-order valence-corrected chi connectivity index (χ0v) is 13.7. The lowest BCUT2D eigenvalue weighted by Gasteiger charge is -2.18. The highest BCUT2D eigenvalue weighted by Crippen LogP contribution is 2.06. The molecule has 2 aromatic rings. The minimum atomic E-state index is -0.440. The number of para-hydroxylation sites is 1. The molecule has 0 bridgehead atoms. The largest absolute Gasteiger partial charge is 0.342 e. The Kier molecular flexibility index (Phi) is 5.83. The zero-order chi connectivity index (χ0) is 17.5. The molecule has 1 aromatic heterocycles. The van der Waals surface area contributed by atoms with E-state index in [4.69, 9.17) is 0 Å². The van der Waals surface area contributed by atoms with Gasteiger partial charge in [-0.3, -0.25) is 14.4 Å². The Morgan fingerprint density at radius 3 is 2.38 bits per heavy atom. The average Bonchev–Trinajstić information content (AvgIpc) is 2.58. The summed E-state index contributed by atoms with van der Waals surface area (Å²) in [6.45, 7) is 4.65. The van der Waals surface area contributed by atoms with Gasteiger partial charge in [0.05, 0.1) is 0 Å². The van der Waals surface area contributed by atoms with Gasteiger partial charge >= 0.3 is 0 Å². The molecule has 0 spiro atoms. The summed E-state index contributed by atoms with van der Waals surface area (Å²) in [6, 6.07) is 11.5. The lowest BCUT2D eigenvalue weighted by molar-refractivity contribution is -0.131. The average molecular weight is 328 g/mol. The lowest BCUT2D eigenvalue weighted by Crippen LogP contribution is -2.37. The van der Waals surface area contributed by atoms with E-state index in [1.807, 2.05) is 19.9 Å². The van der Waals surface area contributed by atoms with Crippen molar-refractivity contribution in [2.24, 2.45) is 0 Å². The summed E-state index contributed by atoms with van der Waals surface area (Å²) >= 11 is 0. The molecule has 0 saturated carbocycles. The molecule has 126 valence electrons. The van der Waals surface area contributed by atoms with Crippen LogP contribution in [0.15, 0.2) is 47.3 Å². The van der Waals surface area contributed by atoms with E-state index in [0.29, 0.717) is 18.8 Å².